The minimum Gasteiger partial charge on any atom is -0.356 e. The van der Waals surface area contributed by atoms with Crippen LogP contribution >= 0.6 is 11.6 Å². The lowest BCUT2D eigenvalue weighted by atomic mass is 10.1. The monoisotopic (exact) mass is 266 g/mol. The Hall–Kier alpha value is -1.06. The van der Waals surface area contributed by atoms with E-state index in [0.717, 1.165) is 23.6 Å². The Morgan fingerprint density at radius 2 is 2.17 bits per heavy atom. The molecule has 1 amide bonds. The zero-order valence-electron chi connectivity index (χ0n) is 10.4. The molecule has 0 aromatic heterocycles. The molecule has 3 nitrogen and oxygen atoms in total. The third-order valence-corrected chi connectivity index (χ3v) is 3.22. The Balaban J connectivity index is 1.57. The summed E-state index contributed by atoms with van der Waals surface area (Å²) < 4.78 is 0. The minimum absolute atomic E-state index is 0.116. The molecule has 0 spiro atoms. The number of hydrogen-bond acceptors (Lipinski definition) is 2. The summed E-state index contributed by atoms with van der Waals surface area (Å²) in [6.45, 7) is 1.45. The number of hydrogen-bond donors (Lipinski definition) is 2. The Kier molecular flexibility index (Phi) is 5.02. The molecule has 0 aliphatic heterocycles. The van der Waals surface area contributed by atoms with Gasteiger partial charge in [-0.3, -0.25) is 4.79 Å². The first-order valence-electron chi connectivity index (χ1n) is 6.48. The molecule has 1 saturated carbocycles. The highest BCUT2D eigenvalue weighted by Crippen LogP contribution is 2.18. The van der Waals surface area contributed by atoms with E-state index in [4.69, 9.17) is 11.6 Å². The van der Waals surface area contributed by atoms with Crippen LogP contribution in [-0.4, -0.2) is 25.0 Å². The van der Waals surface area contributed by atoms with Crippen LogP contribution in [0.1, 0.15) is 24.8 Å². The highest BCUT2D eigenvalue weighted by molar-refractivity contribution is 6.30. The molecule has 4 heteroatoms. The van der Waals surface area contributed by atoms with Gasteiger partial charge in [-0.1, -0.05) is 23.7 Å². The molecule has 1 aromatic carbocycles. The van der Waals surface area contributed by atoms with Crippen molar-refractivity contribution in [3.63, 3.8) is 0 Å². The zero-order chi connectivity index (χ0) is 12.8. The van der Waals surface area contributed by atoms with Crippen LogP contribution in [0.15, 0.2) is 24.3 Å². The normalized spacial score (nSPS) is 14.5. The number of halogens is 1. The molecular weight excluding hydrogens is 248 g/mol. The van der Waals surface area contributed by atoms with Crippen molar-refractivity contribution in [2.45, 2.75) is 31.7 Å². The molecule has 1 aliphatic rings. The van der Waals surface area contributed by atoms with E-state index in [1.807, 2.05) is 24.3 Å². The Morgan fingerprint density at radius 3 is 2.89 bits per heavy atom. The van der Waals surface area contributed by atoms with Crippen LogP contribution < -0.4 is 10.6 Å². The molecule has 0 atom stereocenters. The average Bonchev–Trinajstić information content (AvgIpc) is 3.13. The van der Waals surface area contributed by atoms with Crippen molar-refractivity contribution in [1.29, 1.82) is 0 Å². The van der Waals surface area contributed by atoms with Gasteiger partial charge in [-0.05, 0) is 37.0 Å². The van der Waals surface area contributed by atoms with Crippen LogP contribution in [0.2, 0.25) is 5.02 Å². The molecule has 1 fully saturated rings. The Labute approximate surface area is 113 Å². The van der Waals surface area contributed by atoms with Gasteiger partial charge in [-0.2, -0.15) is 0 Å². The first kappa shape index (κ1) is 13.4. The summed E-state index contributed by atoms with van der Waals surface area (Å²) in [5.41, 5.74) is 1.15. The summed E-state index contributed by atoms with van der Waals surface area (Å²) in [7, 11) is 0. The molecule has 0 saturated heterocycles. The molecule has 98 valence electrons. The Bertz CT molecular complexity index is 405. The quantitative estimate of drug-likeness (QED) is 0.794. The molecule has 0 bridgehead atoms. The molecular formula is C14H19ClN2O. The van der Waals surface area contributed by atoms with Crippen LogP contribution in [-0.2, 0) is 11.2 Å². The van der Waals surface area contributed by atoms with Gasteiger partial charge >= 0.3 is 0 Å². The van der Waals surface area contributed by atoms with E-state index in [0.29, 0.717) is 19.0 Å². The van der Waals surface area contributed by atoms with E-state index in [2.05, 4.69) is 10.6 Å². The lowest BCUT2D eigenvalue weighted by Crippen LogP contribution is -2.29. The van der Waals surface area contributed by atoms with E-state index in [-0.39, 0.29) is 5.91 Å². The standard InChI is InChI=1S/C14H19ClN2O/c15-12-3-1-2-11(10-12)6-8-17-14(18)7-9-16-13-4-5-13/h1-3,10,13,16H,4-9H2,(H,17,18). The third-order valence-electron chi connectivity index (χ3n) is 2.99. The fourth-order valence-corrected chi connectivity index (χ4v) is 2.02. The van der Waals surface area contributed by atoms with Gasteiger partial charge in [0.1, 0.15) is 0 Å². The van der Waals surface area contributed by atoms with Crippen molar-refractivity contribution in [3.8, 4) is 0 Å². The number of amides is 1. The van der Waals surface area contributed by atoms with Crippen molar-refractivity contribution >= 4 is 17.5 Å². The summed E-state index contributed by atoms with van der Waals surface area (Å²) in [5.74, 6) is 0.116. The molecule has 1 aromatic rings. The number of nitrogens with one attached hydrogen (secondary N) is 2. The second kappa shape index (κ2) is 6.76. The summed E-state index contributed by atoms with van der Waals surface area (Å²) in [6, 6.07) is 8.41. The number of benzene rings is 1. The summed E-state index contributed by atoms with van der Waals surface area (Å²) in [5, 5.41) is 6.99. The van der Waals surface area contributed by atoms with E-state index in [1.165, 1.54) is 12.8 Å². The maximum Gasteiger partial charge on any atom is 0.221 e. The largest absolute Gasteiger partial charge is 0.356 e. The highest BCUT2D eigenvalue weighted by Gasteiger charge is 2.19. The zero-order valence-corrected chi connectivity index (χ0v) is 11.2. The average molecular weight is 267 g/mol. The SMILES string of the molecule is O=C(CCNC1CC1)NCCc1cccc(Cl)c1. The number of carbonyl (C=O) groups is 1. The fraction of sp³-hybridized carbons (Fsp3) is 0.500. The first-order valence-corrected chi connectivity index (χ1v) is 6.86. The van der Waals surface area contributed by atoms with E-state index in [9.17, 15) is 4.79 Å². The molecule has 2 N–H and O–H groups in total. The van der Waals surface area contributed by atoms with E-state index >= 15 is 0 Å². The van der Waals surface area contributed by atoms with Gasteiger partial charge in [-0.25, -0.2) is 0 Å². The first-order chi connectivity index (χ1) is 8.74. The highest BCUT2D eigenvalue weighted by atomic mass is 35.5. The summed E-state index contributed by atoms with van der Waals surface area (Å²) in [4.78, 5) is 11.5. The van der Waals surface area contributed by atoms with Gasteiger partial charge in [0, 0.05) is 30.6 Å². The molecule has 2 rings (SSSR count). The van der Waals surface area contributed by atoms with Gasteiger partial charge < -0.3 is 10.6 Å². The van der Waals surface area contributed by atoms with Crippen LogP contribution in [0, 0.1) is 0 Å². The second-order valence-corrected chi connectivity index (χ2v) is 5.14. The molecule has 18 heavy (non-hydrogen) atoms. The van der Waals surface area contributed by atoms with Gasteiger partial charge in [-0.15, -0.1) is 0 Å². The second-order valence-electron chi connectivity index (χ2n) is 4.71. The van der Waals surface area contributed by atoms with Crippen LogP contribution in [0.4, 0.5) is 0 Å². The molecule has 0 heterocycles. The van der Waals surface area contributed by atoms with Gasteiger partial charge in [0.15, 0.2) is 0 Å². The van der Waals surface area contributed by atoms with E-state index < -0.39 is 0 Å². The smallest absolute Gasteiger partial charge is 0.221 e. The third kappa shape index (κ3) is 5.07. The maximum atomic E-state index is 11.5. The lowest BCUT2D eigenvalue weighted by molar-refractivity contribution is -0.120. The van der Waals surface area contributed by atoms with Crippen LogP contribution in [0.3, 0.4) is 0 Å². The van der Waals surface area contributed by atoms with E-state index in [1.54, 1.807) is 0 Å². The summed E-state index contributed by atoms with van der Waals surface area (Å²) >= 11 is 5.89. The summed E-state index contributed by atoms with van der Waals surface area (Å²) in [6.07, 6.45) is 3.90. The molecule has 0 radical (unpaired) electrons. The maximum absolute atomic E-state index is 11.5. The predicted octanol–water partition coefficient (Wildman–Crippen LogP) is 2.14. The van der Waals surface area contributed by atoms with Gasteiger partial charge in [0.2, 0.25) is 5.91 Å². The topological polar surface area (TPSA) is 41.1 Å². The van der Waals surface area contributed by atoms with Crippen LogP contribution in [0.5, 0.6) is 0 Å². The predicted molar refractivity (Wildman–Crippen MR) is 73.8 cm³/mol. The van der Waals surface area contributed by atoms with Crippen molar-refractivity contribution < 1.29 is 4.79 Å². The van der Waals surface area contributed by atoms with Crippen LogP contribution in [0.25, 0.3) is 0 Å². The number of carbonyl (C=O) groups excluding carboxylic acids is 1. The van der Waals surface area contributed by atoms with Gasteiger partial charge in [0.25, 0.3) is 0 Å². The fourth-order valence-electron chi connectivity index (χ4n) is 1.80. The number of rotatable bonds is 7. The van der Waals surface area contributed by atoms with Crippen molar-refractivity contribution in [1.82, 2.24) is 10.6 Å². The van der Waals surface area contributed by atoms with Crippen molar-refractivity contribution in [2.75, 3.05) is 13.1 Å². The van der Waals surface area contributed by atoms with Crippen molar-refractivity contribution in [2.24, 2.45) is 0 Å². The van der Waals surface area contributed by atoms with Gasteiger partial charge in [0.05, 0.1) is 0 Å². The lowest BCUT2D eigenvalue weighted by Gasteiger charge is -2.06. The Morgan fingerprint density at radius 1 is 1.33 bits per heavy atom. The minimum atomic E-state index is 0.116. The molecule has 0 unspecified atom stereocenters. The van der Waals surface area contributed by atoms with Crippen molar-refractivity contribution in [3.05, 3.63) is 34.9 Å². The molecule has 1 aliphatic carbocycles.